The Bertz CT molecular complexity index is 1070. The molecular weight excluding hydrogens is 378 g/mol. The van der Waals surface area contributed by atoms with Crippen LogP contribution in [0.25, 0.3) is 5.69 Å². The largest absolute Gasteiger partial charge is 0.452 e. The minimum Gasteiger partial charge on any atom is -0.452 e. The minimum atomic E-state index is -0.519. The van der Waals surface area contributed by atoms with E-state index in [4.69, 9.17) is 4.74 Å². The summed E-state index contributed by atoms with van der Waals surface area (Å²) in [5, 5.41) is 7.43. The number of aromatic nitrogens is 2. The van der Waals surface area contributed by atoms with Crippen molar-refractivity contribution in [1.29, 1.82) is 0 Å². The number of fused-ring (bicyclic) bond motifs is 1. The van der Waals surface area contributed by atoms with Gasteiger partial charge in [-0.05, 0) is 74.6 Å². The monoisotopic (exact) mass is 403 g/mol. The highest BCUT2D eigenvalue weighted by Crippen LogP contribution is 2.29. The number of carbonyl (C=O) groups is 2. The smallest absolute Gasteiger partial charge is 0.338 e. The third kappa shape index (κ3) is 4.27. The van der Waals surface area contributed by atoms with Gasteiger partial charge in [-0.25, -0.2) is 9.48 Å². The lowest BCUT2D eigenvalue weighted by atomic mass is 9.88. The van der Waals surface area contributed by atoms with Crippen LogP contribution in [0.2, 0.25) is 0 Å². The van der Waals surface area contributed by atoms with Gasteiger partial charge in [-0.2, -0.15) is 5.10 Å². The van der Waals surface area contributed by atoms with Crippen LogP contribution in [0.15, 0.2) is 54.6 Å². The van der Waals surface area contributed by atoms with Gasteiger partial charge in [0.15, 0.2) is 6.61 Å². The van der Waals surface area contributed by atoms with E-state index >= 15 is 0 Å². The number of benzene rings is 2. The number of ether oxygens (including phenoxy) is 1. The van der Waals surface area contributed by atoms with E-state index in [1.54, 1.807) is 12.1 Å². The average Bonchev–Trinajstić information content (AvgIpc) is 3.10. The van der Waals surface area contributed by atoms with Gasteiger partial charge in [-0.15, -0.1) is 0 Å². The molecule has 1 heterocycles. The van der Waals surface area contributed by atoms with Gasteiger partial charge >= 0.3 is 5.97 Å². The fourth-order valence-corrected chi connectivity index (χ4v) is 3.98. The molecule has 3 aromatic rings. The number of nitrogens with zero attached hydrogens (tertiary/aromatic N) is 2. The first-order chi connectivity index (χ1) is 14.5. The maximum Gasteiger partial charge on any atom is 0.338 e. The molecule has 0 radical (unpaired) electrons. The predicted molar refractivity (Wildman–Crippen MR) is 114 cm³/mol. The number of carbonyl (C=O) groups excluding carboxylic acids is 2. The number of hydrogen-bond acceptors (Lipinski definition) is 4. The van der Waals surface area contributed by atoms with E-state index in [1.807, 2.05) is 48.9 Å². The second-order valence-corrected chi connectivity index (χ2v) is 7.67. The van der Waals surface area contributed by atoms with Gasteiger partial charge in [-0.1, -0.05) is 24.3 Å². The van der Waals surface area contributed by atoms with Crippen LogP contribution in [0.5, 0.6) is 0 Å². The lowest BCUT2D eigenvalue weighted by Gasteiger charge is -2.26. The highest BCUT2D eigenvalue weighted by Gasteiger charge is 2.22. The summed E-state index contributed by atoms with van der Waals surface area (Å²) in [6.07, 6.45) is 2.96. The predicted octanol–water partition coefficient (Wildman–Crippen LogP) is 3.84. The van der Waals surface area contributed by atoms with Gasteiger partial charge in [0.25, 0.3) is 5.91 Å². The first-order valence-electron chi connectivity index (χ1n) is 10.2. The molecule has 0 spiro atoms. The van der Waals surface area contributed by atoms with Crippen LogP contribution in [-0.4, -0.2) is 28.3 Å². The molecule has 1 aliphatic rings. The van der Waals surface area contributed by atoms with Gasteiger partial charge in [0.2, 0.25) is 0 Å². The van der Waals surface area contributed by atoms with Crippen molar-refractivity contribution in [2.75, 3.05) is 6.61 Å². The summed E-state index contributed by atoms with van der Waals surface area (Å²) < 4.78 is 7.04. The molecule has 1 amide bonds. The van der Waals surface area contributed by atoms with Crippen molar-refractivity contribution in [1.82, 2.24) is 15.1 Å². The first-order valence-corrected chi connectivity index (χ1v) is 10.2. The van der Waals surface area contributed by atoms with Crippen molar-refractivity contribution in [3.8, 4) is 5.69 Å². The lowest BCUT2D eigenvalue weighted by Crippen LogP contribution is -2.34. The molecule has 0 fully saturated rings. The van der Waals surface area contributed by atoms with Crippen LogP contribution in [-0.2, 0) is 16.0 Å². The number of amides is 1. The van der Waals surface area contributed by atoms with Crippen molar-refractivity contribution >= 4 is 11.9 Å². The molecule has 30 heavy (non-hydrogen) atoms. The SMILES string of the molecule is Cc1cc(C)n(-c2ccc(C(=O)OCC(=O)N[C@H]3CCCc4ccccc43)cc2)n1. The van der Waals surface area contributed by atoms with E-state index in [9.17, 15) is 9.59 Å². The Kier molecular flexibility index (Phi) is 5.65. The summed E-state index contributed by atoms with van der Waals surface area (Å²) in [4.78, 5) is 24.7. The Hall–Kier alpha value is -3.41. The van der Waals surface area contributed by atoms with Crippen LogP contribution in [0.1, 0.15) is 51.8 Å². The third-order valence-electron chi connectivity index (χ3n) is 5.40. The van der Waals surface area contributed by atoms with Crippen molar-refractivity contribution in [2.45, 2.75) is 39.2 Å². The summed E-state index contributed by atoms with van der Waals surface area (Å²) in [7, 11) is 0. The molecule has 1 aromatic heterocycles. The minimum absolute atomic E-state index is 0.0267. The van der Waals surface area contributed by atoms with Gasteiger partial charge in [0.1, 0.15) is 0 Å². The number of esters is 1. The van der Waals surface area contributed by atoms with Gasteiger partial charge in [0, 0.05) is 5.69 Å². The summed E-state index contributed by atoms with van der Waals surface area (Å²) >= 11 is 0. The third-order valence-corrected chi connectivity index (χ3v) is 5.40. The second-order valence-electron chi connectivity index (χ2n) is 7.67. The zero-order valence-corrected chi connectivity index (χ0v) is 17.2. The molecule has 1 aliphatic carbocycles. The van der Waals surface area contributed by atoms with E-state index in [-0.39, 0.29) is 18.6 Å². The molecule has 0 bridgehead atoms. The molecule has 0 saturated heterocycles. The molecule has 1 N–H and O–H groups in total. The lowest BCUT2D eigenvalue weighted by molar-refractivity contribution is -0.125. The zero-order chi connectivity index (χ0) is 21.1. The van der Waals surface area contributed by atoms with Crippen molar-refractivity contribution in [3.05, 3.63) is 82.7 Å². The highest BCUT2D eigenvalue weighted by molar-refractivity contribution is 5.91. The molecule has 6 heteroatoms. The Morgan fingerprint density at radius 1 is 1.13 bits per heavy atom. The number of aryl methyl sites for hydroxylation is 3. The van der Waals surface area contributed by atoms with Gasteiger partial charge in [0.05, 0.1) is 23.0 Å². The highest BCUT2D eigenvalue weighted by atomic mass is 16.5. The van der Waals surface area contributed by atoms with Gasteiger partial charge in [-0.3, -0.25) is 4.79 Å². The molecule has 0 saturated carbocycles. The van der Waals surface area contributed by atoms with Crippen LogP contribution < -0.4 is 5.32 Å². The standard InChI is InChI=1S/C24H25N3O3/c1-16-14-17(2)27(26-16)20-12-10-19(11-13-20)24(29)30-15-23(28)25-22-9-5-7-18-6-3-4-8-21(18)22/h3-4,6,8,10-14,22H,5,7,9,15H2,1-2H3,(H,25,28)/t22-/m0/s1. The number of rotatable bonds is 5. The Morgan fingerprint density at radius 3 is 2.63 bits per heavy atom. The van der Waals surface area contributed by atoms with Crippen molar-refractivity contribution in [2.24, 2.45) is 0 Å². The molecule has 1 atom stereocenters. The van der Waals surface area contributed by atoms with Crippen molar-refractivity contribution in [3.63, 3.8) is 0 Å². The summed E-state index contributed by atoms with van der Waals surface area (Å²) in [6, 6.07) is 17.1. The van der Waals surface area contributed by atoms with Crippen LogP contribution >= 0.6 is 0 Å². The zero-order valence-electron chi connectivity index (χ0n) is 17.2. The maximum absolute atomic E-state index is 12.3. The van der Waals surface area contributed by atoms with Crippen LogP contribution in [0, 0.1) is 13.8 Å². The molecule has 2 aromatic carbocycles. The topological polar surface area (TPSA) is 73.2 Å². The quantitative estimate of drug-likeness (QED) is 0.657. The molecule has 154 valence electrons. The Labute approximate surface area is 175 Å². The fourth-order valence-electron chi connectivity index (χ4n) is 3.98. The molecular formula is C24H25N3O3. The fraction of sp³-hybridized carbons (Fsp3) is 0.292. The van der Waals surface area contributed by atoms with E-state index in [0.717, 1.165) is 41.9 Å². The van der Waals surface area contributed by atoms with Gasteiger partial charge < -0.3 is 10.1 Å². The summed E-state index contributed by atoms with van der Waals surface area (Å²) in [5.41, 5.74) is 5.64. The second kappa shape index (κ2) is 8.53. The van der Waals surface area contributed by atoms with E-state index < -0.39 is 5.97 Å². The Morgan fingerprint density at radius 2 is 1.90 bits per heavy atom. The van der Waals surface area contributed by atoms with E-state index in [1.165, 1.54) is 5.56 Å². The molecule has 6 nitrogen and oxygen atoms in total. The number of nitrogens with one attached hydrogen (secondary N) is 1. The van der Waals surface area contributed by atoms with Crippen LogP contribution in [0.4, 0.5) is 0 Å². The molecule has 0 unspecified atom stereocenters. The molecule has 0 aliphatic heterocycles. The molecule has 4 rings (SSSR count). The maximum atomic E-state index is 12.3. The summed E-state index contributed by atoms with van der Waals surface area (Å²) in [5.74, 6) is -0.807. The van der Waals surface area contributed by atoms with E-state index in [2.05, 4.69) is 22.5 Å². The summed E-state index contributed by atoms with van der Waals surface area (Å²) in [6.45, 7) is 3.62. The number of hydrogen-bond donors (Lipinski definition) is 1. The van der Waals surface area contributed by atoms with Crippen LogP contribution in [0.3, 0.4) is 0 Å². The normalized spacial score (nSPS) is 15.3. The van der Waals surface area contributed by atoms with E-state index in [0.29, 0.717) is 5.56 Å². The van der Waals surface area contributed by atoms with Crippen molar-refractivity contribution < 1.29 is 14.3 Å². The Balaban J connectivity index is 1.33. The average molecular weight is 403 g/mol. The first kappa shape index (κ1) is 19.9.